The van der Waals surface area contributed by atoms with Gasteiger partial charge < -0.3 is 10.1 Å². The van der Waals surface area contributed by atoms with Crippen molar-refractivity contribution < 1.29 is 23.9 Å². The number of carbonyl (C=O) groups is 4. The van der Waals surface area contributed by atoms with Gasteiger partial charge in [0.25, 0.3) is 5.24 Å². The van der Waals surface area contributed by atoms with E-state index in [1.54, 1.807) is 13.8 Å². The van der Waals surface area contributed by atoms with Gasteiger partial charge in [-0.25, -0.2) is 0 Å². The first-order chi connectivity index (χ1) is 9.95. The average Bonchev–Trinajstić information content (AvgIpc) is 2.76. The lowest BCUT2D eigenvalue weighted by Gasteiger charge is -2.15. The third-order valence-corrected chi connectivity index (χ3v) is 4.58. The molecule has 0 aromatic heterocycles. The fourth-order valence-electron chi connectivity index (χ4n) is 1.50. The molecule has 0 aromatic rings. The van der Waals surface area contributed by atoms with Crippen molar-refractivity contribution >= 4 is 46.5 Å². The summed E-state index contributed by atoms with van der Waals surface area (Å²) in [5, 5.41) is 1.95. The Morgan fingerprint density at radius 1 is 1.48 bits per heavy atom. The Labute approximate surface area is 131 Å². The summed E-state index contributed by atoms with van der Waals surface area (Å²) in [5.41, 5.74) is 0. The molecule has 0 saturated carbocycles. The van der Waals surface area contributed by atoms with Crippen LogP contribution in [0.25, 0.3) is 0 Å². The number of nitrogens with one attached hydrogen (secondary N) is 1. The third kappa shape index (κ3) is 5.96. The molecule has 0 aromatic carbocycles. The molecule has 0 aliphatic carbocycles. The van der Waals surface area contributed by atoms with E-state index in [9.17, 15) is 19.2 Å². The van der Waals surface area contributed by atoms with Crippen LogP contribution in [0.4, 0.5) is 4.79 Å². The molecule has 3 amide bonds. The fraction of sp³-hybridized carbons (Fsp3) is 0.667. The molecule has 0 radical (unpaired) electrons. The topological polar surface area (TPSA) is 92.8 Å². The summed E-state index contributed by atoms with van der Waals surface area (Å²) in [6.07, 6.45) is 0. The summed E-state index contributed by atoms with van der Waals surface area (Å²) in [6, 6.07) is 0. The van der Waals surface area contributed by atoms with E-state index < -0.39 is 5.25 Å². The highest BCUT2D eigenvalue weighted by Gasteiger charge is 2.29. The van der Waals surface area contributed by atoms with E-state index in [4.69, 9.17) is 4.74 Å². The van der Waals surface area contributed by atoms with Crippen molar-refractivity contribution in [3.63, 3.8) is 0 Å². The first kappa shape index (κ1) is 17.8. The highest BCUT2D eigenvalue weighted by Crippen LogP contribution is 2.17. The fourth-order valence-corrected chi connectivity index (χ4v) is 2.96. The highest BCUT2D eigenvalue weighted by atomic mass is 32.2. The number of esters is 1. The monoisotopic (exact) mass is 334 g/mol. The lowest BCUT2D eigenvalue weighted by Crippen LogP contribution is -2.40. The third-order valence-electron chi connectivity index (χ3n) is 2.60. The van der Waals surface area contributed by atoms with Crippen LogP contribution in [0.2, 0.25) is 0 Å². The second-order valence-corrected chi connectivity index (χ2v) is 6.40. The number of amides is 3. The molecule has 1 rings (SSSR count). The average molecular weight is 334 g/mol. The molecule has 1 heterocycles. The SMILES string of the molecule is CCOC(=O)CS[C@H](C)C(=O)NCCN1C(=O)CSC1=O. The van der Waals surface area contributed by atoms with E-state index >= 15 is 0 Å². The molecule has 21 heavy (non-hydrogen) atoms. The van der Waals surface area contributed by atoms with Gasteiger partial charge in [-0.05, 0) is 13.8 Å². The van der Waals surface area contributed by atoms with Gasteiger partial charge in [-0.15, -0.1) is 11.8 Å². The molecule has 0 unspecified atom stereocenters. The molecule has 1 aliphatic heterocycles. The summed E-state index contributed by atoms with van der Waals surface area (Å²) in [4.78, 5) is 46.8. The number of hydrogen-bond donors (Lipinski definition) is 1. The molecule has 1 fully saturated rings. The standard InChI is InChI=1S/C12H18N2O5S2/c1-3-19-10(16)7-20-8(2)11(17)13-4-5-14-9(15)6-21-12(14)18/h8H,3-7H2,1-2H3,(H,13,17)/t8-/m1/s1. The van der Waals surface area contributed by atoms with Gasteiger partial charge in [0.15, 0.2) is 0 Å². The second kappa shape index (κ2) is 8.93. The van der Waals surface area contributed by atoms with E-state index in [0.29, 0.717) is 6.61 Å². The number of thioether (sulfide) groups is 2. The first-order valence-electron chi connectivity index (χ1n) is 6.47. The van der Waals surface area contributed by atoms with Crippen molar-refractivity contribution in [2.24, 2.45) is 0 Å². The zero-order chi connectivity index (χ0) is 15.8. The molecule has 1 atom stereocenters. The van der Waals surface area contributed by atoms with Crippen molar-refractivity contribution in [3.05, 3.63) is 0 Å². The molecule has 9 heteroatoms. The van der Waals surface area contributed by atoms with Gasteiger partial charge >= 0.3 is 5.97 Å². The lowest BCUT2D eigenvalue weighted by atomic mass is 10.4. The maximum atomic E-state index is 11.8. The Hall–Kier alpha value is -1.22. The Balaban J connectivity index is 2.22. The summed E-state index contributed by atoms with van der Waals surface area (Å²) in [5.74, 6) is -0.548. The normalized spacial score (nSPS) is 16.0. The van der Waals surface area contributed by atoms with Gasteiger partial charge in [0.1, 0.15) is 0 Å². The zero-order valence-electron chi connectivity index (χ0n) is 11.9. The first-order valence-corrected chi connectivity index (χ1v) is 8.51. The molecule has 1 aliphatic rings. The summed E-state index contributed by atoms with van der Waals surface area (Å²) < 4.78 is 4.77. The van der Waals surface area contributed by atoms with Gasteiger partial charge in [-0.3, -0.25) is 24.1 Å². The van der Waals surface area contributed by atoms with Gasteiger partial charge in [-0.2, -0.15) is 0 Å². The molecule has 7 nitrogen and oxygen atoms in total. The number of rotatable bonds is 8. The smallest absolute Gasteiger partial charge is 0.315 e. The number of hydrogen-bond acceptors (Lipinski definition) is 7. The number of carbonyl (C=O) groups excluding carboxylic acids is 4. The van der Waals surface area contributed by atoms with Crippen molar-refractivity contribution in [1.29, 1.82) is 0 Å². The van der Waals surface area contributed by atoms with Crippen molar-refractivity contribution in [1.82, 2.24) is 10.2 Å². The lowest BCUT2D eigenvalue weighted by molar-refractivity contribution is -0.139. The molecular weight excluding hydrogens is 316 g/mol. The highest BCUT2D eigenvalue weighted by molar-refractivity contribution is 8.14. The number of nitrogens with zero attached hydrogens (tertiary/aromatic N) is 1. The summed E-state index contributed by atoms with van der Waals surface area (Å²) in [7, 11) is 0. The van der Waals surface area contributed by atoms with Crippen LogP contribution in [-0.2, 0) is 19.1 Å². The Morgan fingerprint density at radius 2 is 2.19 bits per heavy atom. The Bertz CT molecular complexity index is 414. The van der Waals surface area contributed by atoms with Crippen LogP contribution in [0, 0.1) is 0 Å². The predicted molar refractivity (Wildman–Crippen MR) is 81.1 cm³/mol. The Morgan fingerprint density at radius 3 is 2.76 bits per heavy atom. The van der Waals surface area contributed by atoms with E-state index in [-0.39, 0.29) is 47.6 Å². The molecule has 1 N–H and O–H groups in total. The van der Waals surface area contributed by atoms with E-state index in [0.717, 1.165) is 16.7 Å². The molecular formula is C12H18N2O5S2. The summed E-state index contributed by atoms with van der Waals surface area (Å²) >= 11 is 2.14. The minimum absolute atomic E-state index is 0.113. The van der Waals surface area contributed by atoms with Crippen LogP contribution in [0.3, 0.4) is 0 Å². The van der Waals surface area contributed by atoms with Crippen LogP contribution >= 0.6 is 23.5 Å². The summed E-state index contributed by atoms with van der Waals surface area (Å²) in [6.45, 7) is 4.10. The second-order valence-electron chi connectivity index (χ2n) is 4.15. The number of imide groups is 1. The van der Waals surface area contributed by atoms with Crippen molar-refractivity contribution in [2.45, 2.75) is 19.1 Å². The molecule has 1 saturated heterocycles. The van der Waals surface area contributed by atoms with Crippen LogP contribution in [-0.4, -0.2) is 64.4 Å². The molecule has 0 bridgehead atoms. The van der Waals surface area contributed by atoms with Crippen LogP contribution in [0.5, 0.6) is 0 Å². The van der Waals surface area contributed by atoms with E-state index in [2.05, 4.69) is 5.32 Å². The molecule has 0 spiro atoms. The maximum Gasteiger partial charge on any atom is 0.315 e. The quantitative estimate of drug-likeness (QED) is 0.645. The number of ether oxygens (including phenoxy) is 1. The zero-order valence-corrected chi connectivity index (χ0v) is 13.6. The van der Waals surface area contributed by atoms with Crippen LogP contribution < -0.4 is 5.32 Å². The van der Waals surface area contributed by atoms with Crippen LogP contribution in [0.1, 0.15) is 13.8 Å². The maximum absolute atomic E-state index is 11.8. The van der Waals surface area contributed by atoms with Crippen molar-refractivity contribution in [2.75, 3.05) is 31.2 Å². The van der Waals surface area contributed by atoms with Crippen LogP contribution in [0.15, 0.2) is 0 Å². The van der Waals surface area contributed by atoms with Gasteiger partial charge in [-0.1, -0.05) is 11.8 Å². The minimum atomic E-state index is -0.409. The minimum Gasteiger partial charge on any atom is -0.465 e. The van der Waals surface area contributed by atoms with E-state index in [1.165, 1.54) is 11.8 Å². The predicted octanol–water partition coefficient (Wildman–Crippen LogP) is 0.483. The van der Waals surface area contributed by atoms with Gasteiger partial charge in [0.2, 0.25) is 11.8 Å². The molecule has 118 valence electrons. The van der Waals surface area contributed by atoms with E-state index in [1.807, 2.05) is 0 Å². The van der Waals surface area contributed by atoms with Gasteiger partial charge in [0.05, 0.1) is 23.4 Å². The van der Waals surface area contributed by atoms with Gasteiger partial charge in [0, 0.05) is 13.1 Å². The Kier molecular flexibility index (Phi) is 7.58. The van der Waals surface area contributed by atoms with Crippen molar-refractivity contribution in [3.8, 4) is 0 Å². The largest absolute Gasteiger partial charge is 0.465 e.